The third-order valence-corrected chi connectivity index (χ3v) is 5.76. The van der Waals surface area contributed by atoms with Gasteiger partial charge < -0.3 is 5.32 Å². The lowest BCUT2D eigenvalue weighted by atomic mass is 10.1. The lowest BCUT2D eigenvalue weighted by Crippen LogP contribution is -2.42. The van der Waals surface area contributed by atoms with Crippen molar-refractivity contribution in [3.05, 3.63) is 29.3 Å². The first-order valence-electron chi connectivity index (χ1n) is 8.76. The van der Waals surface area contributed by atoms with Crippen LogP contribution in [0.15, 0.2) is 18.2 Å². The zero-order chi connectivity index (χ0) is 18.8. The van der Waals surface area contributed by atoms with E-state index in [-0.39, 0.29) is 5.91 Å². The highest BCUT2D eigenvalue weighted by molar-refractivity contribution is 7.92. The van der Waals surface area contributed by atoms with Gasteiger partial charge in [-0.2, -0.15) is 0 Å². The second-order valence-electron chi connectivity index (χ2n) is 7.11. The predicted molar refractivity (Wildman–Crippen MR) is 102 cm³/mol. The van der Waals surface area contributed by atoms with Crippen LogP contribution in [0.3, 0.4) is 0 Å². The number of nitrogens with zero attached hydrogens (tertiary/aromatic N) is 2. The summed E-state index contributed by atoms with van der Waals surface area (Å²) in [5, 5.41) is 2.96. The highest BCUT2D eigenvalue weighted by atomic mass is 32.2. The molecule has 1 N–H and O–H groups in total. The zero-order valence-electron chi connectivity index (χ0n) is 15.7. The lowest BCUT2D eigenvalue weighted by Gasteiger charge is -2.30. The van der Waals surface area contributed by atoms with Gasteiger partial charge in [-0.05, 0) is 57.9 Å². The molecule has 0 unspecified atom stereocenters. The fourth-order valence-electron chi connectivity index (χ4n) is 3.37. The molecule has 7 heteroatoms. The van der Waals surface area contributed by atoms with Crippen LogP contribution in [0.4, 0.5) is 5.69 Å². The van der Waals surface area contributed by atoms with Crippen molar-refractivity contribution in [1.82, 2.24) is 10.2 Å². The van der Waals surface area contributed by atoms with E-state index in [1.165, 1.54) is 10.6 Å². The minimum absolute atomic E-state index is 0.118. The SMILES string of the molecule is CC(C)N(CCNC(=O)c1ccc2c(c1)CCN2S(C)(=O)=O)C(C)C. The molecule has 140 valence electrons. The molecule has 0 atom stereocenters. The zero-order valence-corrected chi connectivity index (χ0v) is 16.6. The Morgan fingerprint density at radius 1 is 1.24 bits per heavy atom. The molecule has 0 saturated heterocycles. The first-order valence-corrected chi connectivity index (χ1v) is 10.6. The Balaban J connectivity index is 2.00. The Bertz CT molecular complexity index is 721. The van der Waals surface area contributed by atoms with Crippen molar-refractivity contribution in [1.29, 1.82) is 0 Å². The van der Waals surface area contributed by atoms with Gasteiger partial charge in [0, 0.05) is 37.3 Å². The summed E-state index contributed by atoms with van der Waals surface area (Å²) in [5.41, 5.74) is 2.17. The number of carbonyl (C=O) groups excluding carboxylic acids is 1. The van der Waals surface area contributed by atoms with E-state index in [0.717, 1.165) is 12.1 Å². The number of sulfonamides is 1. The molecule has 0 fully saturated rings. The molecule has 2 rings (SSSR count). The third-order valence-electron chi connectivity index (χ3n) is 4.58. The molecule has 0 aliphatic carbocycles. The van der Waals surface area contributed by atoms with Gasteiger partial charge in [0.15, 0.2) is 0 Å². The minimum Gasteiger partial charge on any atom is -0.351 e. The molecule has 1 aliphatic rings. The van der Waals surface area contributed by atoms with Crippen LogP contribution in [-0.4, -0.2) is 57.2 Å². The molecule has 1 aromatic rings. The summed E-state index contributed by atoms with van der Waals surface area (Å²) in [6, 6.07) is 6.09. The van der Waals surface area contributed by atoms with Crippen LogP contribution in [0.25, 0.3) is 0 Å². The van der Waals surface area contributed by atoms with Crippen molar-refractivity contribution in [2.24, 2.45) is 0 Å². The monoisotopic (exact) mass is 367 g/mol. The Hall–Kier alpha value is -1.60. The number of hydrogen-bond acceptors (Lipinski definition) is 4. The van der Waals surface area contributed by atoms with Crippen LogP contribution in [-0.2, 0) is 16.4 Å². The number of hydrogen-bond donors (Lipinski definition) is 1. The maximum Gasteiger partial charge on any atom is 0.251 e. The van der Waals surface area contributed by atoms with E-state index in [1.807, 2.05) is 0 Å². The van der Waals surface area contributed by atoms with Crippen molar-refractivity contribution in [2.45, 2.75) is 46.2 Å². The van der Waals surface area contributed by atoms with Crippen LogP contribution in [0.5, 0.6) is 0 Å². The summed E-state index contributed by atoms with van der Waals surface area (Å²) in [5.74, 6) is -0.118. The quantitative estimate of drug-likeness (QED) is 0.799. The van der Waals surface area contributed by atoms with Gasteiger partial charge in [0.25, 0.3) is 5.91 Å². The smallest absolute Gasteiger partial charge is 0.251 e. The van der Waals surface area contributed by atoms with Crippen LogP contribution in [0.2, 0.25) is 0 Å². The van der Waals surface area contributed by atoms with Crippen LogP contribution < -0.4 is 9.62 Å². The third kappa shape index (κ3) is 4.73. The summed E-state index contributed by atoms with van der Waals surface area (Å²) in [4.78, 5) is 14.7. The maximum absolute atomic E-state index is 12.4. The molecule has 6 nitrogen and oxygen atoms in total. The standard InChI is InChI=1S/C18H29N3O3S/c1-13(2)20(14(3)4)11-9-19-18(22)16-6-7-17-15(12-16)8-10-21(17)25(5,23)24/h6-7,12-14H,8-11H2,1-5H3,(H,19,22). The van der Waals surface area contributed by atoms with Crippen LogP contribution in [0.1, 0.15) is 43.6 Å². The minimum atomic E-state index is -3.26. The van der Waals surface area contributed by atoms with Gasteiger partial charge >= 0.3 is 0 Å². The van der Waals surface area contributed by atoms with Crippen LogP contribution >= 0.6 is 0 Å². The van der Waals surface area contributed by atoms with Gasteiger partial charge in [-0.1, -0.05) is 0 Å². The number of amides is 1. The summed E-state index contributed by atoms with van der Waals surface area (Å²) in [6.45, 7) is 10.4. The highest BCUT2D eigenvalue weighted by Gasteiger charge is 2.26. The Labute approximate surface area is 151 Å². The van der Waals surface area contributed by atoms with E-state index in [9.17, 15) is 13.2 Å². The Kier molecular flexibility index (Phi) is 6.11. The molecule has 1 heterocycles. The largest absolute Gasteiger partial charge is 0.351 e. The van der Waals surface area contributed by atoms with E-state index in [1.54, 1.807) is 18.2 Å². The number of anilines is 1. The van der Waals surface area contributed by atoms with Crippen molar-refractivity contribution >= 4 is 21.6 Å². The predicted octanol–water partition coefficient (Wildman–Crippen LogP) is 1.86. The normalized spacial score (nSPS) is 14.5. The summed E-state index contributed by atoms with van der Waals surface area (Å²) < 4.78 is 24.9. The molecule has 1 aliphatic heterocycles. The summed E-state index contributed by atoms with van der Waals surface area (Å²) in [7, 11) is -3.26. The van der Waals surface area contributed by atoms with Crippen LogP contribution in [0, 0.1) is 0 Å². The molecule has 0 saturated carbocycles. The molecule has 0 radical (unpaired) electrons. The average molecular weight is 368 g/mol. The number of fused-ring (bicyclic) bond motifs is 1. The summed E-state index contributed by atoms with van der Waals surface area (Å²) >= 11 is 0. The topological polar surface area (TPSA) is 69.7 Å². The van der Waals surface area contributed by atoms with Crippen molar-refractivity contribution < 1.29 is 13.2 Å². The average Bonchev–Trinajstić information content (AvgIpc) is 2.93. The highest BCUT2D eigenvalue weighted by Crippen LogP contribution is 2.30. The molecule has 25 heavy (non-hydrogen) atoms. The van der Waals surface area contributed by atoms with Gasteiger partial charge in [-0.25, -0.2) is 8.42 Å². The van der Waals surface area contributed by atoms with Crippen molar-refractivity contribution in [2.75, 3.05) is 30.2 Å². The van der Waals surface area contributed by atoms with E-state index in [4.69, 9.17) is 0 Å². The first kappa shape index (κ1) is 19.7. The molecule has 0 bridgehead atoms. The molecule has 0 aromatic heterocycles. The van der Waals surface area contributed by atoms with E-state index in [0.29, 0.717) is 42.8 Å². The number of benzene rings is 1. The Morgan fingerprint density at radius 3 is 2.44 bits per heavy atom. The fraction of sp³-hybridized carbons (Fsp3) is 0.611. The molecule has 0 spiro atoms. The van der Waals surface area contributed by atoms with Crippen molar-refractivity contribution in [3.63, 3.8) is 0 Å². The van der Waals surface area contributed by atoms with E-state index in [2.05, 4.69) is 37.9 Å². The van der Waals surface area contributed by atoms with Gasteiger partial charge in [0.2, 0.25) is 10.0 Å². The number of nitrogens with one attached hydrogen (secondary N) is 1. The van der Waals surface area contributed by atoms with E-state index < -0.39 is 10.0 Å². The van der Waals surface area contributed by atoms with Gasteiger partial charge in [-0.3, -0.25) is 14.0 Å². The molecular formula is C18H29N3O3S. The first-order chi connectivity index (χ1) is 11.6. The fourth-order valence-corrected chi connectivity index (χ4v) is 4.33. The van der Waals surface area contributed by atoms with Gasteiger partial charge in [-0.15, -0.1) is 0 Å². The molecular weight excluding hydrogens is 338 g/mol. The number of carbonyl (C=O) groups is 1. The second kappa shape index (κ2) is 7.74. The second-order valence-corrected chi connectivity index (χ2v) is 9.02. The molecule has 1 aromatic carbocycles. The summed E-state index contributed by atoms with van der Waals surface area (Å²) in [6.07, 6.45) is 1.84. The van der Waals surface area contributed by atoms with E-state index >= 15 is 0 Å². The van der Waals surface area contributed by atoms with Crippen molar-refractivity contribution in [3.8, 4) is 0 Å². The Morgan fingerprint density at radius 2 is 1.88 bits per heavy atom. The lowest BCUT2D eigenvalue weighted by molar-refractivity contribution is 0.0939. The maximum atomic E-state index is 12.4. The molecule has 1 amide bonds. The van der Waals surface area contributed by atoms with Gasteiger partial charge in [0.05, 0.1) is 11.9 Å². The number of rotatable bonds is 7. The van der Waals surface area contributed by atoms with Gasteiger partial charge in [0.1, 0.15) is 0 Å².